The molecule has 2 aromatic rings. The summed E-state index contributed by atoms with van der Waals surface area (Å²) in [4.78, 5) is 23.6. The summed E-state index contributed by atoms with van der Waals surface area (Å²) in [6, 6.07) is 9.50. The van der Waals surface area contributed by atoms with Crippen LogP contribution in [0.5, 0.6) is 0 Å². The lowest BCUT2D eigenvalue weighted by molar-refractivity contribution is -0.116. The highest BCUT2D eigenvalue weighted by Gasteiger charge is 2.24. The average molecular weight is 416 g/mol. The van der Waals surface area contributed by atoms with Crippen molar-refractivity contribution in [1.82, 2.24) is 4.31 Å². The van der Waals surface area contributed by atoms with Crippen LogP contribution in [-0.2, 0) is 19.6 Å². The third kappa shape index (κ3) is 5.28. The predicted molar refractivity (Wildman–Crippen MR) is 103 cm³/mol. The van der Waals surface area contributed by atoms with Gasteiger partial charge in [-0.15, -0.1) is 11.3 Å². The van der Waals surface area contributed by atoms with Gasteiger partial charge in [0.05, 0.1) is 10.9 Å². The van der Waals surface area contributed by atoms with E-state index in [1.807, 2.05) is 0 Å². The van der Waals surface area contributed by atoms with E-state index in [-0.39, 0.29) is 16.7 Å². The molecule has 26 heavy (non-hydrogen) atoms. The monoisotopic (exact) mass is 415 g/mol. The van der Waals surface area contributed by atoms with Crippen molar-refractivity contribution >= 4 is 56.2 Å². The third-order valence-corrected chi connectivity index (χ3v) is 6.83. The normalized spacial score (nSPS) is 11.4. The van der Waals surface area contributed by atoms with Crippen molar-refractivity contribution in [3.05, 3.63) is 40.7 Å². The molecule has 0 aliphatic rings. The minimum absolute atomic E-state index is 0.0714. The number of sulfonamides is 1. The summed E-state index contributed by atoms with van der Waals surface area (Å²) in [5.74, 6) is -0.647. The predicted octanol–water partition coefficient (Wildman–Crippen LogP) is 3.01. The number of anilines is 2. The Morgan fingerprint density at radius 2 is 1.73 bits per heavy atom. The standard InChI is InChI=1S/C16H18ClN3O4S2/c1-3-14(21)18-11-5-4-6-12(9-11)19-15(22)10-20(2)26(23,24)16-8-7-13(17)25-16/h4-9H,3,10H2,1-2H3,(H,18,21)(H,19,22). The summed E-state index contributed by atoms with van der Waals surface area (Å²) in [5, 5.41) is 5.30. The van der Waals surface area contributed by atoms with Gasteiger partial charge in [0.25, 0.3) is 10.0 Å². The summed E-state index contributed by atoms with van der Waals surface area (Å²) in [6.07, 6.45) is 0.339. The quantitative estimate of drug-likeness (QED) is 0.726. The highest BCUT2D eigenvalue weighted by Crippen LogP contribution is 2.27. The van der Waals surface area contributed by atoms with E-state index < -0.39 is 15.9 Å². The average Bonchev–Trinajstić information content (AvgIpc) is 3.02. The van der Waals surface area contributed by atoms with Crippen molar-refractivity contribution in [2.24, 2.45) is 0 Å². The molecule has 0 radical (unpaired) electrons. The Hall–Kier alpha value is -1.94. The molecule has 0 bridgehead atoms. The zero-order chi connectivity index (χ0) is 19.3. The van der Waals surface area contributed by atoms with Gasteiger partial charge in [0.15, 0.2) is 0 Å². The Kier molecular flexibility index (Phi) is 6.76. The summed E-state index contributed by atoms with van der Waals surface area (Å²) in [6.45, 7) is 1.38. The van der Waals surface area contributed by atoms with E-state index >= 15 is 0 Å². The fourth-order valence-electron chi connectivity index (χ4n) is 2.00. The number of nitrogens with one attached hydrogen (secondary N) is 2. The summed E-state index contributed by atoms with van der Waals surface area (Å²) < 4.78 is 26.2. The molecule has 10 heteroatoms. The summed E-state index contributed by atoms with van der Waals surface area (Å²) in [5.41, 5.74) is 0.998. The number of nitrogens with zero attached hydrogens (tertiary/aromatic N) is 1. The second-order valence-electron chi connectivity index (χ2n) is 5.35. The number of carbonyl (C=O) groups excluding carboxylic acids is 2. The number of hydrogen-bond donors (Lipinski definition) is 2. The summed E-state index contributed by atoms with van der Waals surface area (Å²) in [7, 11) is -2.46. The summed E-state index contributed by atoms with van der Waals surface area (Å²) >= 11 is 6.70. The maximum absolute atomic E-state index is 12.4. The molecule has 140 valence electrons. The van der Waals surface area contributed by atoms with Crippen LogP contribution in [0.25, 0.3) is 0 Å². The second kappa shape index (κ2) is 8.63. The van der Waals surface area contributed by atoms with E-state index in [0.717, 1.165) is 15.6 Å². The molecule has 1 aromatic carbocycles. The van der Waals surface area contributed by atoms with Crippen molar-refractivity contribution in [3.63, 3.8) is 0 Å². The highest BCUT2D eigenvalue weighted by atomic mass is 35.5. The van der Waals surface area contributed by atoms with E-state index in [1.54, 1.807) is 31.2 Å². The Morgan fingerprint density at radius 3 is 2.27 bits per heavy atom. The van der Waals surface area contributed by atoms with Crippen LogP contribution in [0.2, 0.25) is 4.34 Å². The Labute approximate surface area is 161 Å². The van der Waals surface area contributed by atoms with Crippen LogP contribution in [0.4, 0.5) is 11.4 Å². The molecule has 1 aromatic heterocycles. The van der Waals surface area contributed by atoms with Gasteiger partial charge in [-0.25, -0.2) is 8.42 Å². The maximum Gasteiger partial charge on any atom is 0.252 e. The van der Waals surface area contributed by atoms with Crippen LogP contribution in [0.1, 0.15) is 13.3 Å². The van der Waals surface area contributed by atoms with Gasteiger partial charge in [0.2, 0.25) is 11.8 Å². The van der Waals surface area contributed by atoms with Gasteiger partial charge in [-0.05, 0) is 30.3 Å². The molecule has 0 atom stereocenters. The number of likely N-dealkylation sites (N-methyl/N-ethyl adjacent to an activating group) is 1. The highest BCUT2D eigenvalue weighted by molar-refractivity contribution is 7.91. The van der Waals surface area contributed by atoms with Crippen molar-refractivity contribution < 1.29 is 18.0 Å². The lowest BCUT2D eigenvalue weighted by Crippen LogP contribution is -2.34. The molecule has 2 rings (SSSR count). The fourth-order valence-corrected chi connectivity index (χ4v) is 4.82. The first kappa shape index (κ1) is 20.4. The molecule has 2 amide bonds. The number of rotatable bonds is 7. The van der Waals surface area contributed by atoms with Gasteiger partial charge >= 0.3 is 0 Å². The van der Waals surface area contributed by atoms with Crippen molar-refractivity contribution in [2.75, 3.05) is 24.2 Å². The van der Waals surface area contributed by atoms with Crippen LogP contribution in [-0.4, -0.2) is 38.1 Å². The largest absolute Gasteiger partial charge is 0.326 e. The first-order valence-electron chi connectivity index (χ1n) is 7.64. The maximum atomic E-state index is 12.4. The smallest absolute Gasteiger partial charge is 0.252 e. The van der Waals surface area contributed by atoms with E-state index in [4.69, 9.17) is 11.6 Å². The third-order valence-electron chi connectivity index (χ3n) is 3.33. The second-order valence-corrected chi connectivity index (χ2v) is 9.34. The molecule has 2 N–H and O–H groups in total. The van der Waals surface area contributed by atoms with Gasteiger partial charge < -0.3 is 10.6 Å². The van der Waals surface area contributed by atoms with Crippen LogP contribution >= 0.6 is 22.9 Å². The fraction of sp³-hybridized carbons (Fsp3) is 0.250. The minimum atomic E-state index is -3.78. The Bertz CT molecular complexity index is 912. The van der Waals surface area contributed by atoms with Gasteiger partial charge in [-0.2, -0.15) is 4.31 Å². The van der Waals surface area contributed by atoms with Crippen molar-refractivity contribution in [3.8, 4) is 0 Å². The van der Waals surface area contributed by atoms with Gasteiger partial charge in [-0.3, -0.25) is 9.59 Å². The number of halogens is 1. The molecule has 0 saturated heterocycles. The molecule has 1 heterocycles. The lowest BCUT2D eigenvalue weighted by Gasteiger charge is -2.16. The minimum Gasteiger partial charge on any atom is -0.326 e. The molecule has 0 fully saturated rings. The van der Waals surface area contributed by atoms with E-state index in [2.05, 4.69) is 10.6 Å². The molecule has 0 unspecified atom stereocenters. The van der Waals surface area contributed by atoms with Crippen LogP contribution in [0.15, 0.2) is 40.6 Å². The number of carbonyl (C=O) groups is 2. The van der Waals surface area contributed by atoms with Crippen LogP contribution in [0.3, 0.4) is 0 Å². The van der Waals surface area contributed by atoms with Crippen LogP contribution < -0.4 is 10.6 Å². The van der Waals surface area contributed by atoms with Gasteiger partial charge in [0, 0.05) is 24.8 Å². The van der Waals surface area contributed by atoms with Crippen molar-refractivity contribution in [1.29, 1.82) is 0 Å². The molecular formula is C16H18ClN3O4S2. The van der Waals surface area contributed by atoms with Crippen LogP contribution in [0, 0.1) is 0 Å². The van der Waals surface area contributed by atoms with Gasteiger partial charge in [-0.1, -0.05) is 24.6 Å². The zero-order valence-corrected chi connectivity index (χ0v) is 16.5. The first-order valence-corrected chi connectivity index (χ1v) is 10.3. The van der Waals surface area contributed by atoms with Gasteiger partial charge in [0.1, 0.15) is 4.21 Å². The first-order chi connectivity index (χ1) is 12.2. The molecule has 0 aliphatic heterocycles. The molecule has 0 aliphatic carbocycles. The number of benzene rings is 1. The Balaban J connectivity index is 2.02. The molecule has 0 saturated carbocycles. The van der Waals surface area contributed by atoms with Crippen molar-refractivity contribution in [2.45, 2.75) is 17.6 Å². The topological polar surface area (TPSA) is 95.6 Å². The molecular weight excluding hydrogens is 398 g/mol. The number of amides is 2. The molecule has 7 nitrogen and oxygen atoms in total. The SMILES string of the molecule is CCC(=O)Nc1cccc(NC(=O)CN(C)S(=O)(=O)c2ccc(Cl)s2)c1. The lowest BCUT2D eigenvalue weighted by atomic mass is 10.2. The zero-order valence-electron chi connectivity index (χ0n) is 14.2. The number of thiophene rings is 1. The van der Waals surface area contributed by atoms with E-state index in [0.29, 0.717) is 22.1 Å². The van der Waals surface area contributed by atoms with E-state index in [9.17, 15) is 18.0 Å². The molecule has 0 spiro atoms. The number of hydrogen-bond acceptors (Lipinski definition) is 5. The van der Waals surface area contributed by atoms with E-state index in [1.165, 1.54) is 19.2 Å². The Morgan fingerprint density at radius 1 is 1.12 bits per heavy atom.